The maximum atomic E-state index is 12.3. The monoisotopic (exact) mass is 500 g/mol. The van der Waals surface area contributed by atoms with E-state index in [0.717, 1.165) is 19.3 Å². The van der Waals surface area contributed by atoms with Gasteiger partial charge in [-0.25, -0.2) is 0 Å². The van der Waals surface area contributed by atoms with Gasteiger partial charge in [0, 0.05) is 6.42 Å². The van der Waals surface area contributed by atoms with E-state index in [-0.39, 0.29) is 12.6 Å². The number of ether oxygens (including phenoxy) is 4. The highest BCUT2D eigenvalue weighted by Gasteiger charge is 2.55. The largest absolute Gasteiger partial charge is 0.456 e. The molecular weight excluding hydrogens is 448 g/mol. The van der Waals surface area contributed by atoms with Crippen LogP contribution in [0.4, 0.5) is 0 Å². The summed E-state index contributed by atoms with van der Waals surface area (Å²) in [6.07, 6.45) is 19.7. The molecule has 0 bridgehead atoms. The molecular formula is C28H52O7. The highest BCUT2D eigenvalue weighted by molar-refractivity contribution is 5.69. The predicted octanol–water partition coefficient (Wildman–Crippen LogP) is 5.44. The van der Waals surface area contributed by atoms with Gasteiger partial charge in [0.25, 0.3) is 0 Å². The van der Waals surface area contributed by atoms with Crippen LogP contribution >= 0.6 is 0 Å². The molecule has 2 rings (SSSR count). The van der Waals surface area contributed by atoms with Gasteiger partial charge in [-0.1, -0.05) is 110 Å². The van der Waals surface area contributed by atoms with Crippen LogP contribution in [0, 0.1) is 0 Å². The normalized spacial score (nSPS) is 23.7. The van der Waals surface area contributed by atoms with Gasteiger partial charge in [0.1, 0.15) is 12.7 Å². The fraction of sp³-hybridized carbons (Fsp3) is 0.964. The van der Waals surface area contributed by atoms with Crippen LogP contribution in [-0.2, 0) is 23.7 Å². The Labute approximate surface area is 213 Å². The molecule has 2 heterocycles. The van der Waals surface area contributed by atoms with Gasteiger partial charge in [0.05, 0.1) is 19.8 Å². The molecule has 0 aromatic rings. The lowest BCUT2D eigenvalue weighted by Gasteiger charge is -2.33. The number of carbonyl (C=O) groups excluding carboxylic acids is 1. The molecule has 7 heteroatoms. The first kappa shape index (κ1) is 30.5. The Morgan fingerprint density at radius 3 is 1.71 bits per heavy atom. The average Bonchev–Trinajstić information content (AvgIpc) is 3.49. The predicted molar refractivity (Wildman–Crippen MR) is 136 cm³/mol. The molecule has 2 aliphatic rings. The Bertz CT molecular complexity index is 535. The Kier molecular flexibility index (Phi) is 16.1. The minimum atomic E-state index is -1.36. The van der Waals surface area contributed by atoms with Gasteiger partial charge in [0.15, 0.2) is 12.2 Å². The van der Waals surface area contributed by atoms with Crippen molar-refractivity contribution in [3.05, 3.63) is 0 Å². The number of esters is 1. The molecule has 2 aliphatic heterocycles. The fourth-order valence-corrected chi connectivity index (χ4v) is 5.13. The molecule has 2 saturated heterocycles. The SMILES string of the molecule is CCCCCCCCCCCCCCCCCCCC(=O)O[C@@H]1[C@@H](O)CO[C@@H]1C1(CO)OCCO1. The van der Waals surface area contributed by atoms with Crippen molar-refractivity contribution in [2.45, 2.75) is 147 Å². The van der Waals surface area contributed by atoms with Crippen LogP contribution in [0.25, 0.3) is 0 Å². The van der Waals surface area contributed by atoms with Crippen molar-refractivity contribution in [2.75, 3.05) is 26.4 Å². The van der Waals surface area contributed by atoms with Crippen LogP contribution in [0.2, 0.25) is 0 Å². The van der Waals surface area contributed by atoms with E-state index in [1.54, 1.807) is 0 Å². The molecule has 3 atom stereocenters. The van der Waals surface area contributed by atoms with Crippen molar-refractivity contribution in [1.29, 1.82) is 0 Å². The Balaban J connectivity index is 1.41. The van der Waals surface area contributed by atoms with E-state index in [2.05, 4.69) is 6.92 Å². The zero-order valence-corrected chi connectivity index (χ0v) is 22.2. The Morgan fingerprint density at radius 1 is 0.800 bits per heavy atom. The van der Waals surface area contributed by atoms with E-state index in [9.17, 15) is 15.0 Å². The number of aliphatic hydroxyl groups is 2. The summed E-state index contributed by atoms with van der Waals surface area (Å²) in [5, 5.41) is 19.9. The third-order valence-electron chi connectivity index (χ3n) is 7.31. The number of hydrogen-bond donors (Lipinski definition) is 2. The van der Waals surface area contributed by atoms with Crippen molar-refractivity contribution in [3.8, 4) is 0 Å². The maximum absolute atomic E-state index is 12.3. The smallest absolute Gasteiger partial charge is 0.306 e. The first-order valence-electron chi connectivity index (χ1n) is 14.5. The number of carbonyl (C=O) groups is 1. The third-order valence-corrected chi connectivity index (χ3v) is 7.31. The zero-order valence-electron chi connectivity index (χ0n) is 22.2. The lowest BCUT2D eigenvalue weighted by Crippen LogP contribution is -2.54. The minimum absolute atomic E-state index is 0.0240. The number of hydrogen-bond acceptors (Lipinski definition) is 7. The van der Waals surface area contributed by atoms with Gasteiger partial charge >= 0.3 is 5.97 Å². The van der Waals surface area contributed by atoms with Crippen LogP contribution in [-0.4, -0.2) is 66.7 Å². The van der Waals surface area contributed by atoms with Gasteiger partial charge in [-0.05, 0) is 6.42 Å². The summed E-state index contributed by atoms with van der Waals surface area (Å²) in [7, 11) is 0. The van der Waals surface area contributed by atoms with E-state index in [0.29, 0.717) is 19.6 Å². The maximum Gasteiger partial charge on any atom is 0.306 e. The van der Waals surface area contributed by atoms with E-state index in [4.69, 9.17) is 18.9 Å². The molecule has 0 aromatic carbocycles. The molecule has 0 radical (unpaired) electrons. The van der Waals surface area contributed by atoms with E-state index in [1.165, 1.54) is 89.9 Å². The average molecular weight is 501 g/mol. The van der Waals surface area contributed by atoms with Gasteiger partial charge in [-0.3, -0.25) is 4.79 Å². The summed E-state index contributed by atoms with van der Waals surface area (Å²) >= 11 is 0. The zero-order chi connectivity index (χ0) is 25.2. The van der Waals surface area contributed by atoms with Gasteiger partial charge < -0.3 is 29.2 Å². The first-order valence-corrected chi connectivity index (χ1v) is 14.5. The minimum Gasteiger partial charge on any atom is -0.456 e. The van der Waals surface area contributed by atoms with Gasteiger partial charge in [0.2, 0.25) is 5.79 Å². The van der Waals surface area contributed by atoms with E-state index >= 15 is 0 Å². The molecule has 2 fully saturated rings. The van der Waals surface area contributed by atoms with Crippen LogP contribution < -0.4 is 0 Å². The quantitative estimate of drug-likeness (QED) is 0.160. The van der Waals surface area contributed by atoms with Gasteiger partial charge in [-0.15, -0.1) is 0 Å². The van der Waals surface area contributed by atoms with Crippen molar-refractivity contribution in [3.63, 3.8) is 0 Å². The second-order valence-corrected chi connectivity index (χ2v) is 10.3. The lowest BCUT2D eigenvalue weighted by molar-refractivity contribution is -0.257. The Morgan fingerprint density at radius 2 is 1.26 bits per heavy atom. The summed E-state index contributed by atoms with van der Waals surface area (Å²) in [5.74, 6) is -1.72. The standard InChI is InChI=1S/C28H52O7/c1-2-3-4-5-6-7-8-9-10-11-12-13-14-15-16-17-18-19-25(31)35-26-24(30)22-32-27(26)28(23-29)33-20-21-34-28/h24,26-27,29-30H,2-23H2,1H3/t24-,26+,27-/m0/s1. The second kappa shape index (κ2) is 18.5. The molecule has 35 heavy (non-hydrogen) atoms. The first-order chi connectivity index (χ1) is 17.1. The number of rotatable bonds is 21. The van der Waals surface area contributed by atoms with Crippen molar-refractivity contribution in [2.24, 2.45) is 0 Å². The molecule has 0 aliphatic carbocycles. The number of unbranched alkanes of at least 4 members (excludes halogenated alkanes) is 16. The van der Waals surface area contributed by atoms with E-state index in [1.807, 2.05) is 0 Å². The summed E-state index contributed by atoms with van der Waals surface area (Å²) in [4.78, 5) is 12.3. The fourth-order valence-electron chi connectivity index (χ4n) is 5.13. The van der Waals surface area contributed by atoms with Crippen LogP contribution in [0.5, 0.6) is 0 Å². The van der Waals surface area contributed by atoms with Crippen LogP contribution in [0.1, 0.15) is 122 Å². The molecule has 206 valence electrons. The summed E-state index contributed by atoms with van der Waals surface area (Å²) < 4.78 is 22.1. The highest BCUT2D eigenvalue weighted by Crippen LogP contribution is 2.34. The number of aliphatic hydroxyl groups excluding tert-OH is 2. The van der Waals surface area contributed by atoms with Crippen molar-refractivity contribution >= 4 is 5.97 Å². The van der Waals surface area contributed by atoms with Crippen molar-refractivity contribution < 1.29 is 34.0 Å². The van der Waals surface area contributed by atoms with E-state index < -0.39 is 30.7 Å². The third kappa shape index (κ3) is 11.5. The lowest BCUT2D eigenvalue weighted by atomic mass is 10.0. The Hall–Kier alpha value is -0.730. The summed E-state index contributed by atoms with van der Waals surface area (Å²) in [5.41, 5.74) is 0. The molecule has 0 saturated carbocycles. The van der Waals surface area contributed by atoms with Crippen molar-refractivity contribution in [1.82, 2.24) is 0 Å². The van der Waals surface area contributed by atoms with Crippen LogP contribution in [0.3, 0.4) is 0 Å². The molecule has 0 amide bonds. The summed E-state index contributed by atoms with van der Waals surface area (Å²) in [6, 6.07) is 0. The van der Waals surface area contributed by atoms with Gasteiger partial charge in [-0.2, -0.15) is 0 Å². The molecule has 7 nitrogen and oxygen atoms in total. The highest BCUT2D eigenvalue weighted by atomic mass is 16.8. The topological polar surface area (TPSA) is 94.5 Å². The molecule has 2 N–H and O–H groups in total. The molecule has 0 spiro atoms. The molecule has 0 unspecified atom stereocenters. The second-order valence-electron chi connectivity index (χ2n) is 10.3. The summed E-state index contributed by atoms with van der Waals surface area (Å²) in [6.45, 7) is 2.54. The molecule has 0 aromatic heterocycles. The van der Waals surface area contributed by atoms with Crippen LogP contribution in [0.15, 0.2) is 0 Å².